The third-order valence-corrected chi connectivity index (χ3v) is 7.06. The highest BCUT2D eigenvalue weighted by molar-refractivity contribution is 7.99. The quantitative estimate of drug-likeness (QED) is 0.674. The molecule has 0 saturated carbocycles. The number of amides is 1. The van der Waals surface area contributed by atoms with Gasteiger partial charge >= 0.3 is 5.97 Å². The molecule has 1 amide bonds. The number of carbonyl (C=O) groups excluding carboxylic acids is 2. The van der Waals surface area contributed by atoms with E-state index in [1.807, 2.05) is 0 Å². The second-order valence-corrected chi connectivity index (χ2v) is 9.48. The van der Waals surface area contributed by atoms with Crippen LogP contribution >= 0.6 is 23.4 Å². The van der Waals surface area contributed by atoms with E-state index in [0.717, 1.165) is 4.31 Å². The lowest BCUT2D eigenvalue weighted by atomic mass is 10.1. The van der Waals surface area contributed by atoms with E-state index in [-0.39, 0.29) is 22.1 Å². The van der Waals surface area contributed by atoms with Gasteiger partial charge in [0.1, 0.15) is 6.04 Å². The molecule has 1 aromatic rings. The molecule has 1 aromatic carbocycles. The number of thioether (sulfide) groups is 1. The Morgan fingerprint density at radius 2 is 2.08 bits per heavy atom. The van der Waals surface area contributed by atoms with Gasteiger partial charge in [-0.1, -0.05) is 11.6 Å². The maximum absolute atomic E-state index is 13.0. The summed E-state index contributed by atoms with van der Waals surface area (Å²) in [5.41, 5.74) is 0.0517. The summed E-state index contributed by atoms with van der Waals surface area (Å²) in [5.74, 6) is 0.151. The molecule has 0 N–H and O–H groups in total. The number of carbonyl (C=O) groups is 2. The number of esters is 1. The summed E-state index contributed by atoms with van der Waals surface area (Å²) in [4.78, 5) is 26.6. The molecule has 0 aromatic heterocycles. The third kappa shape index (κ3) is 4.33. The number of hydrogen-bond donors (Lipinski definition) is 0. The Hall–Kier alpha value is -1.29. The highest BCUT2D eigenvalue weighted by atomic mass is 35.5. The monoisotopic (exact) mass is 420 g/mol. The number of nitrogens with zero attached hydrogens (tertiary/aromatic N) is 2. The lowest BCUT2D eigenvalue weighted by Crippen LogP contribution is -2.51. The lowest BCUT2D eigenvalue weighted by molar-refractivity contribution is -0.147. The summed E-state index contributed by atoms with van der Waals surface area (Å²) in [7, 11) is -0.897. The van der Waals surface area contributed by atoms with E-state index >= 15 is 0 Å². The van der Waals surface area contributed by atoms with E-state index in [0.29, 0.717) is 18.1 Å². The SMILES string of the molecule is CCOC(=O)C1CSCCN1C(=O)c1cc(S(=O)(=O)N(C)C)ccc1Cl. The fourth-order valence-corrected chi connectivity index (χ4v) is 4.63. The van der Waals surface area contributed by atoms with Gasteiger partial charge in [0.15, 0.2) is 0 Å². The molecule has 0 aliphatic carbocycles. The first-order valence-electron chi connectivity index (χ1n) is 7.97. The average Bonchev–Trinajstić information content (AvgIpc) is 2.61. The van der Waals surface area contributed by atoms with E-state index < -0.39 is 27.9 Å². The number of sulfonamides is 1. The first kappa shape index (κ1) is 21.0. The van der Waals surface area contributed by atoms with Crippen molar-refractivity contribution in [3.8, 4) is 0 Å². The molecule has 0 bridgehead atoms. The second kappa shape index (κ2) is 8.60. The molecule has 1 aliphatic heterocycles. The highest BCUT2D eigenvalue weighted by Gasteiger charge is 2.35. The van der Waals surface area contributed by atoms with Crippen molar-refractivity contribution >= 4 is 45.3 Å². The molecule has 7 nitrogen and oxygen atoms in total. The zero-order valence-corrected chi connectivity index (χ0v) is 17.2. The normalized spacial score (nSPS) is 18.0. The molecule has 1 aliphatic rings. The Morgan fingerprint density at radius 3 is 2.69 bits per heavy atom. The van der Waals surface area contributed by atoms with E-state index in [2.05, 4.69) is 0 Å². The van der Waals surface area contributed by atoms with Gasteiger partial charge in [-0.3, -0.25) is 4.79 Å². The minimum absolute atomic E-state index is 0.0330. The summed E-state index contributed by atoms with van der Waals surface area (Å²) in [6.45, 7) is 2.28. The molecule has 1 unspecified atom stereocenters. The van der Waals surface area contributed by atoms with Crippen molar-refractivity contribution in [1.29, 1.82) is 0 Å². The molecule has 2 rings (SSSR count). The average molecular weight is 421 g/mol. The minimum Gasteiger partial charge on any atom is -0.464 e. The van der Waals surface area contributed by atoms with Gasteiger partial charge in [0.2, 0.25) is 10.0 Å². The lowest BCUT2D eigenvalue weighted by Gasteiger charge is -2.34. The molecular formula is C16H21ClN2O5S2. The van der Waals surface area contributed by atoms with Crippen LogP contribution < -0.4 is 0 Å². The van der Waals surface area contributed by atoms with E-state index in [9.17, 15) is 18.0 Å². The van der Waals surface area contributed by atoms with Crippen LogP contribution in [0.2, 0.25) is 5.02 Å². The van der Waals surface area contributed by atoms with Crippen molar-refractivity contribution in [3.05, 3.63) is 28.8 Å². The number of hydrogen-bond acceptors (Lipinski definition) is 6. The van der Waals surface area contributed by atoms with Crippen molar-refractivity contribution in [1.82, 2.24) is 9.21 Å². The predicted molar refractivity (Wildman–Crippen MR) is 101 cm³/mol. The topological polar surface area (TPSA) is 84.0 Å². The van der Waals surface area contributed by atoms with Crippen LogP contribution in [-0.4, -0.2) is 74.3 Å². The number of halogens is 1. The van der Waals surface area contributed by atoms with E-state index in [1.54, 1.807) is 18.7 Å². The summed E-state index contributed by atoms with van der Waals surface area (Å²) >= 11 is 7.71. The standard InChI is InChI=1S/C16H21ClN2O5S2/c1-4-24-16(21)14-10-25-8-7-19(14)15(20)12-9-11(5-6-13(12)17)26(22,23)18(2)3/h5-6,9,14H,4,7-8,10H2,1-3H3. The van der Waals surface area contributed by atoms with Crippen molar-refractivity contribution in [2.45, 2.75) is 17.9 Å². The molecule has 1 heterocycles. The molecule has 1 fully saturated rings. The number of ether oxygens (including phenoxy) is 1. The van der Waals surface area contributed by atoms with Crippen molar-refractivity contribution in [2.75, 3.05) is 38.8 Å². The Morgan fingerprint density at radius 1 is 1.38 bits per heavy atom. The fraction of sp³-hybridized carbons (Fsp3) is 0.500. The molecule has 144 valence electrons. The van der Waals surface area contributed by atoms with Gasteiger partial charge in [0.25, 0.3) is 5.91 Å². The zero-order valence-electron chi connectivity index (χ0n) is 14.8. The van der Waals surface area contributed by atoms with Gasteiger partial charge in [-0.15, -0.1) is 0 Å². The maximum Gasteiger partial charge on any atom is 0.329 e. The Bertz CT molecular complexity index is 798. The van der Waals surface area contributed by atoms with Gasteiger partial charge in [0.05, 0.1) is 22.1 Å². The first-order chi connectivity index (χ1) is 12.2. The van der Waals surface area contributed by atoms with Crippen LogP contribution in [0, 0.1) is 0 Å². The summed E-state index contributed by atoms with van der Waals surface area (Å²) in [5, 5.41) is 0.133. The van der Waals surface area contributed by atoms with Gasteiger partial charge in [0, 0.05) is 32.1 Å². The van der Waals surface area contributed by atoms with Crippen LogP contribution in [-0.2, 0) is 19.6 Å². The van der Waals surface area contributed by atoms with Crippen LogP contribution in [0.15, 0.2) is 23.1 Å². The highest BCUT2D eigenvalue weighted by Crippen LogP contribution is 2.26. The number of benzene rings is 1. The molecule has 0 spiro atoms. The largest absolute Gasteiger partial charge is 0.464 e. The van der Waals surface area contributed by atoms with Gasteiger partial charge in [-0.05, 0) is 25.1 Å². The molecule has 26 heavy (non-hydrogen) atoms. The zero-order chi connectivity index (χ0) is 19.5. The fourth-order valence-electron chi connectivity index (χ4n) is 2.47. The molecular weight excluding hydrogens is 400 g/mol. The van der Waals surface area contributed by atoms with Crippen LogP contribution in [0.1, 0.15) is 17.3 Å². The Labute approximate surface area is 162 Å². The molecule has 1 saturated heterocycles. The summed E-state index contributed by atoms with van der Waals surface area (Å²) in [6.07, 6.45) is 0. The van der Waals surface area contributed by atoms with E-state index in [1.165, 1.54) is 37.2 Å². The molecule has 1 atom stereocenters. The van der Waals surface area contributed by atoms with Crippen molar-refractivity contribution in [2.24, 2.45) is 0 Å². The first-order valence-corrected chi connectivity index (χ1v) is 10.9. The summed E-state index contributed by atoms with van der Waals surface area (Å²) in [6, 6.07) is 3.27. The van der Waals surface area contributed by atoms with Crippen LogP contribution in [0.4, 0.5) is 0 Å². The van der Waals surface area contributed by atoms with Gasteiger partial charge in [-0.25, -0.2) is 17.5 Å². The molecule has 0 radical (unpaired) electrons. The Kier molecular flexibility index (Phi) is 6.95. The van der Waals surface area contributed by atoms with E-state index in [4.69, 9.17) is 16.3 Å². The molecule has 10 heteroatoms. The smallest absolute Gasteiger partial charge is 0.329 e. The van der Waals surface area contributed by atoms with Crippen LogP contribution in [0.3, 0.4) is 0 Å². The predicted octanol–water partition coefficient (Wildman–Crippen LogP) is 1.71. The number of rotatable bonds is 5. The van der Waals surface area contributed by atoms with Crippen molar-refractivity contribution in [3.63, 3.8) is 0 Å². The minimum atomic E-state index is -3.71. The van der Waals surface area contributed by atoms with Gasteiger partial charge in [-0.2, -0.15) is 11.8 Å². The van der Waals surface area contributed by atoms with Crippen LogP contribution in [0.25, 0.3) is 0 Å². The summed E-state index contributed by atoms with van der Waals surface area (Å²) < 4.78 is 30.8. The van der Waals surface area contributed by atoms with Crippen molar-refractivity contribution < 1.29 is 22.7 Å². The Balaban J connectivity index is 2.40. The maximum atomic E-state index is 13.0. The van der Waals surface area contributed by atoms with Gasteiger partial charge < -0.3 is 9.64 Å². The van der Waals surface area contributed by atoms with Crippen LogP contribution in [0.5, 0.6) is 0 Å². The second-order valence-electron chi connectivity index (χ2n) is 5.77. The third-order valence-electron chi connectivity index (χ3n) is 3.89.